The van der Waals surface area contributed by atoms with Crippen LogP contribution in [0.1, 0.15) is 25.3 Å². The molecule has 0 spiro atoms. The van der Waals surface area contributed by atoms with Crippen molar-refractivity contribution in [3.63, 3.8) is 0 Å². The highest BCUT2D eigenvalue weighted by Gasteiger charge is 2.04. The first-order valence-corrected chi connectivity index (χ1v) is 5.55. The quantitative estimate of drug-likeness (QED) is 0.540. The standard InChI is InChI=1S/C12H19N3O/c1-3-4-8-14-12(16)15-11-7-5-6-10(13)9(11)2/h5-7H,3-4,8,13H2,1-2H3,(H2,14,15,16). The normalized spacial score (nSPS) is 9.88. The van der Waals surface area contributed by atoms with Gasteiger partial charge in [-0.2, -0.15) is 0 Å². The van der Waals surface area contributed by atoms with E-state index in [4.69, 9.17) is 5.73 Å². The van der Waals surface area contributed by atoms with Crippen molar-refractivity contribution in [2.75, 3.05) is 17.6 Å². The molecule has 16 heavy (non-hydrogen) atoms. The molecule has 0 saturated carbocycles. The topological polar surface area (TPSA) is 67.2 Å². The van der Waals surface area contributed by atoms with Gasteiger partial charge in [-0.1, -0.05) is 19.4 Å². The van der Waals surface area contributed by atoms with Gasteiger partial charge in [0.15, 0.2) is 0 Å². The summed E-state index contributed by atoms with van der Waals surface area (Å²) in [4.78, 5) is 11.5. The summed E-state index contributed by atoms with van der Waals surface area (Å²) in [5.74, 6) is 0. The van der Waals surface area contributed by atoms with Crippen LogP contribution < -0.4 is 16.4 Å². The summed E-state index contributed by atoms with van der Waals surface area (Å²) in [5, 5.41) is 5.57. The first kappa shape index (κ1) is 12.4. The molecule has 2 amide bonds. The first-order valence-electron chi connectivity index (χ1n) is 5.55. The summed E-state index contributed by atoms with van der Waals surface area (Å²) in [6, 6.07) is 5.30. The summed E-state index contributed by atoms with van der Waals surface area (Å²) < 4.78 is 0. The molecule has 0 saturated heterocycles. The van der Waals surface area contributed by atoms with Gasteiger partial charge in [0.1, 0.15) is 0 Å². The monoisotopic (exact) mass is 221 g/mol. The Bertz CT molecular complexity index is 363. The van der Waals surface area contributed by atoms with E-state index in [1.54, 1.807) is 0 Å². The number of nitrogen functional groups attached to an aromatic ring is 1. The van der Waals surface area contributed by atoms with Gasteiger partial charge in [-0.15, -0.1) is 0 Å². The van der Waals surface area contributed by atoms with Gasteiger partial charge in [-0.3, -0.25) is 0 Å². The molecule has 1 aromatic carbocycles. The zero-order valence-electron chi connectivity index (χ0n) is 9.84. The van der Waals surface area contributed by atoms with Crippen LogP contribution in [0.5, 0.6) is 0 Å². The lowest BCUT2D eigenvalue weighted by Gasteiger charge is -2.10. The molecule has 0 bridgehead atoms. The lowest BCUT2D eigenvalue weighted by molar-refractivity contribution is 0.252. The molecular formula is C12H19N3O. The number of hydrogen-bond acceptors (Lipinski definition) is 2. The highest BCUT2D eigenvalue weighted by atomic mass is 16.2. The van der Waals surface area contributed by atoms with E-state index in [1.807, 2.05) is 25.1 Å². The Balaban J connectivity index is 2.53. The van der Waals surface area contributed by atoms with Gasteiger partial charge in [0.05, 0.1) is 0 Å². The molecule has 4 N–H and O–H groups in total. The number of nitrogens with one attached hydrogen (secondary N) is 2. The largest absolute Gasteiger partial charge is 0.398 e. The molecule has 0 atom stereocenters. The molecule has 0 aliphatic rings. The SMILES string of the molecule is CCCCNC(=O)Nc1cccc(N)c1C. The second-order valence-electron chi connectivity index (χ2n) is 3.75. The summed E-state index contributed by atoms with van der Waals surface area (Å²) in [6.07, 6.45) is 2.06. The zero-order valence-corrected chi connectivity index (χ0v) is 9.84. The van der Waals surface area contributed by atoms with Crippen LogP contribution in [-0.2, 0) is 0 Å². The molecule has 4 heteroatoms. The second kappa shape index (κ2) is 6.00. The number of hydrogen-bond donors (Lipinski definition) is 3. The van der Waals surface area contributed by atoms with Gasteiger partial charge in [-0.25, -0.2) is 4.79 Å². The average Bonchev–Trinajstić information content (AvgIpc) is 2.25. The fraction of sp³-hybridized carbons (Fsp3) is 0.417. The Morgan fingerprint density at radius 3 is 2.88 bits per heavy atom. The van der Waals surface area contributed by atoms with Crippen molar-refractivity contribution in [3.8, 4) is 0 Å². The van der Waals surface area contributed by atoms with E-state index in [1.165, 1.54) is 0 Å². The van der Waals surface area contributed by atoms with Crippen molar-refractivity contribution in [1.82, 2.24) is 5.32 Å². The summed E-state index contributed by atoms with van der Waals surface area (Å²) in [5.41, 5.74) is 8.09. The molecular weight excluding hydrogens is 202 g/mol. The van der Waals surface area contributed by atoms with Crippen molar-refractivity contribution in [2.45, 2.75) is 26.7 Å². The second-order valence-corrected chi connectivity index (χ2v) is 3.75. The van der Waals surface area contributed by atoms with Crippen LogP contribution in [0, 0.1) is 6.92 Å². The number of carbonyl (C=O) groups excluding carboxylic acids is 1. The van der Waals surface area contributed by atoms with E-state index in [0.717, 1.165) is 24.1 Å². The number of amides is 2. The smallest absolute Gasteiger partial charge is 0.319 e. The maximum Gasteiger partial charge on any atom is 0.319 e. The predicted molar refractivity (Wildman–Crippen MR) is 67.5 cm³/mol. The highest BCUT2D eigenvalue weighted by molar-refractivity contribution is 5.90. The van der Waals surface area contributed by atoms with Gasteiger partial charge in [-0.05, 0) is 31.0 Å². The van der Waals surface area contributed by atoms with Gasteiger partial charge in [0, 0.05) is 17.9 Å². The molecule has 0 heterocycles. The van der Waals surface area contributed by atoms with Crippen LogP contribution in [0.25, 0.3) is 0 Å². The fourth-order valence-corrected chi connectivity index (χ4v) is 1.33. The molecule has 1 aromatic rings. The number of carbonyl (C=O) groups is 1. The van der Waals surface area contributed by atoms with Crippen LogP contribution in [0.15, 0.2) is 18.2 Å². The molecule has 88 valence electrons. The lowest BCUT2D eigenvalue weighted by Crippen LogP contribution is -2.29. The van der Waals surface area contributed by atoms with Crippen LogP contribution in [0.4, 0.5) is 16.2 Å². The zero-order chi connectivity index (χ0) is 12.0. The molecule has 1 rings (SSSR count). The maximum atomic E-state index is 11.5. The first-order chi connectivity index (χ1) is 7.65. The van der Waals surface area contributed by atoms with Crippen LogP contribution in [0.2, 0.25) is 0 Å². The van der Waals surface area contributed by atoms with E-state index in [9.17, 15) is 4.79 Å². The maximum absolute atomic E-state index is 11.5. The Kier molecular flexibility index (Phi) is 4.64. The van der Waals surface area contributed by atoms with Crippen LogP contribution in [-0.4, -0.2) is 12.6 Å². The van der Waals surface area contributed by atoms with Crippen LogP contribution in [0.3, 0.4) is 0 Å². The summed E-state index contributed by atoms with van der Waals surface area (Å²) >= 11 is 0. The van der Waals surface area contributed by atoms with Gasteiger partial charge in [0.2, 0.25) is 0 Å². The predicted octanol–water partition coefficient (Wildman–Crippen LogP) is 2.50. The van der Waals surface area contributed by atoms with Crippen molar-refractivity contribution in [1.29, 1.82) is 0 Å². The highest BCUT2D eigenvalue weighted by Crippen LogP contribution is 2.19. The third-order valence-electron chi connectivity index (χ3n) is 2.44. The van der Waals surface area contributed by atoms with Crippen molar-refractivity contribution in [2.24, 2.45) is 0 Å². The van der Waals surface area contributed by atoms with E-state index < -0.39 is 0 Å². The molecule has 0 aliphatic heterocycles. The van der Waals surface area contributed by atoms with E-state index in [-0.39, 0.29) is 6.03 Å². The minimum atomic E-state index is -0.179. The fourth-order valence-electron chi connectivity index (χ4n) is 1.33. The Labute approximate surface area is 96.2 Å². The lowest BCUT2D eigenvalue weighted by atomic mass is 10.1. The molecule has 0 radical (unpaired) electrons. The van der Waals surface area contributed by atoms with Gasteiger partial charge in [0.25, 0.3) is 0 Å². The molecule has 0 aliphatic carbocycles. The van der Waals surface area contributed by atoms with Gasteiger partial charge < -0.3 is 16.4 Å². The third kappa shape index (κ3) is 3.46. The van der Waals surface area contributed by atoms with Gasteiger partial charge >= 0.3 is 6.03 Å². The molecule has 0 fully saturated rings. The van der Waals surface area contributed by atoms with Crippen molar-refractivity contribution < 1.29 is 4.79 Å². The van der Waals surface area contributed by atoms with E-state index in [0.29, 0.717) is 12.2 Å². The molecule has 0 aromatic heterocycles. The number of urea groups is 1. The van der Waals surface area contributed by atoms with Crippen molar-refractivity contribution >= 4 is 17.4 Å². The Hall–Kier alpha value is -1.71. The number of benzene rings is 1. The Morgan fingerprint density at radius 2 is 2.19 bits per heavy atom. The third-order valence-corrected chi connectivity index (χ3v) is 2.44. The minimum Gasteiger partial charge on any atom is -0.398 e. The number of anilines is 2. The number of unbranched alkanes of at least 4 members (excludes halogenated alkanes) is 1. The molecule has 0 unspecified atom stereocenters. The molecule has 4 nitrogen and oxygen atoms in total. The number of rotatable bonds is 4. The van der Waals surface area contributed by atoms with Crippen LogP contribution >= 0.6 is 0 Å². The minimum absolute atomic E-state index is 0.179. The average molecular weight is 221 g/mol. The summed E-state index contributed by atoms with van der Waals surface area (Å²) in [7, 11) is 0. The van der Waals surface area contributed by atoms with E-state index >= 15 is 0 Å². The summed E-state index contributed by atoms with van der Waals surface area (Å²) in [6.45, 7) is 4.67. The number of nitrogens with two attached hydrogens (primary N) is 1. The van der Waals surface area contributed by atoms with Crippen molar-refractivity contribution in [3.05, 3.63) is 23.8 Å². The Morgan fingerprint density at radius 1 is 1.44 bits per heavy atom. The van der Waals surface area contributed by atoms with E-state index in [2.05, 4.69) is 17.6 Å².